The molecule has 3 atom stereocenters. The minimum absolute atomic E-state index is 0.142. The van der Waals surface area contributed by atoms with Gasteiger partial charge >= 0.3 is 0 Å². The average molecular weight is 379 g/mol. The van der Waals surface area contributed by atoms with Crippen LogP contribution < -0.4 is 10.6 Å². The van der Waals surface area contributed by atoms with E-state index in [2.05, 4.69) is 38.1 Å². The van der Waals surface area contributed by atoms with Crippen molar-refractivity contribution in [3.05, 3.63) is 58.7 Å². The topological polar surface area (TPSA) is 66.9 Å². The molecule has 2 N–H and O–H groups in total. The number of carbonyl (C=O) groups is 1. The molecule has 5 rings (SSSR count). The van der Waals surface area contributed by atoms with Crippen LogP contribution in [0.3, 0.4) is 0 Å². The summed E-state index contributed by atoms with van der Waals surface area (Å²) in [6.45, 7) is 0.507. The van der Waals surface area contributed by atoms with Gasteiger partial charge in [-0.3, -0.25) is 9.78 Å². The minimum Gasteiger partial charge on any atom is -0.351 e. The number of benzene rings is 1. The second kappa shape index (κ2) is 6.69. The van der Waals surface area contributed by atoms with Crippen LogP contribution >= 0.6 is 11.3 Å². The highest BCUT2D eigenvalue weighted by atomic mass is 32.1. The number of aromatic nitrogens is 2. The van der Waals surface area contributed by atoms with Crippen molar-refractivity contribution in [3.63, 3.8) is 0 Å². The summed E-state index contributed by atoms with van der Waals surface area (Å²) in [5.74, 6) is 0.142. The summed E-state index contributed by atoms with van der Waals surface area (Å²) in [4.78, 5) is 22.3. The lowest BCUT2D eigenvalue weighted by atomic mass is 9.70. The number of pyridine rings is 1. The van der Waals surface area contributed by atoms with Crippen molar-refractivity contribution in [1.82, 2.24) is 20.6 Å². The zero-order chi connectivity index (χ0) is 18.3. The Balaban J connectivity index is 1.35. The zero-order valence-electron chi connectivity index (χ0n) is 15.0. The fourth-order valence-corrected chi connectivity index (χ4v) is 5.30. The molecule has 2 aliphatic rings. The number of nitrogens with zero attached hydrogens (tertiary/aromatic N) is 2. The van der Waals surface area contributed by atoms with Gasteiger partial charge in [0.15, 0.2) is 0 Å². The van der Waals surface area contributed by atoms with Crippen LogP contribution in [0.25, 0.3) is 10.9 Å². The summed E-state index contributed by atoms with van der Waals surface area (Å²) in [5.41, 5.74) is 4.49. The predicted molar refractivity (Wildman–Crippen MR) is 106 cm³/mol. The maximum Gasteiger partial charge on any atom is 0.228 e. The monoisotopic (exact) mass is 378 g/mol. The summed E-state index contributed by atoms with van der Waals surface area (Å²) >= 11 is 1.59. The van der Waals surface area contributed by atoms with Crippen molar-refractivity contribution >= 4 is 28.1 Å². The second-order valence-corrected chi connectivity index (χ2v) is 8.45. The first kappa shape index (κ1) is 16.8. The molecule has 2 saturated heterocycles. The van der Waals surface area contributed by atoms with E-state index in [0.29, 0.717) is 19.0 Å². The molecule has 4 heterocycles. The van der Waals surface area contributed by atoms with Crippen LogP contribution in [0, 0.1) is 5.41 Å². The summed E-state index contributed by atoms with van der Waals surface area (Å²) in [6, 6.07) is 10.9. The average Bonchev–Trinajstić information content (AvgIpc) is 3.44. The Kier molecular flexibility index (Phi) is 4.17. The van der Waals surface area contributed by atoms with Gasteiger partial charge in [-0.15, -0.1) is 11.3 Å². The van der Waals surface area contributed by atoms with E-state index >= 15 is 0 Å². The molecule has 0 saturated carbocycles. The molecule has 2 aliphatic heterocycles. The van der Waals surface area contributed by atoms with Gasteiger partial charge in [0.05, 0.1) is 22.1 Å². The molecule has 27 heavy (non-hydrogen) atoms. The molecule has 2 fully saturated rings. The Morgan fingerprint density at radius 2 is 2.22 bits per heavy atom. The first-order chi connectivity index (χ1) is 13.2. The van der Waals surface area contributed by atoms with Crippen molar-refractivity contribution in [2.24, 2.45) is 5.41 Å². The van der Waals surface area contributed by atoms with Gasteiger partial charge in [0.2, 0.25) is 5.91 Å². The highest BCUT2D eigenvalue weighted by Gasteiger charge is 2.55. The largest absolute Gasteiger partial charge is 0.351 e. The van der Waals surface area contributed by atoms with E-state index in [1.54, 1.807) is 11.3 Å². The van der Waals surface area contributed by atoms with Crippen molar-refractivity contribution in [3.8, 4) is 0 Å². The maximum absolute atomic E-state index is 13.3. The van der Waals surface area contributed by atoms with E-state index in [-0.39, 0.29) is 17.4 Å². The van der Waals surface area contributed by atoms with Gasteiger partial charge in [0.1, 0.15) is 0 Å². The van der Waals surface area contributed by atoms with Gasteiger partial charge < -0.3 is 10.6 Å². The van der Waals surface area contributed by atoms with Gasteiger partial charge in [-0.25, -0.2) is 4.98 Å². The first-order valence-corrected chi connectivity index (χ1v) is 10.4. The molecule has 1 amide bonds. The molecule has 1 aromatic carbocycles. The second-order valence-electron chi connectivity index (χ2n) is 7.73. The number of amides is 1. The minimum atomic E-state index is -0.388. The standard InChI is InChI=1S/C21H22N4OS/c26-20(23-11-14-7-15-3-1-2-4-18(15)22-10-14)21(9-17-12-27-13-24-17)8-16-5-6-19(21)25-16/h1-4,7,10,12-13,16,19,25H,5-6,8-9,11H2,(H,23,26)/t16-,19+,21-/m0/s1. The molecule has 0 unspecified atom stereocenters. The summed E-state index contributed by atoms with van der Waals surface area (Å²) in [7, 11) is 0. The molecular weight excluding hydrogens is 356 g/mol. The van der Waals surface area contributed by atoms with Crippen molar-refractivity contribution < 1.29 is 4.79 Å². The van der Waals surface area contributed by atoms with E-state index in [9.17, 15) is 4.79 Å². The normalized spacial score (nSPS) is 26.5. The lowest BCUT2D eigenvalue weighted by Gasteiger charge is -2.34. The van der Waals surface area contributed by atoms with Crippen LogP contribution in [-0.2, 0) is 17.8 Å². The van der Waals surface area contributed by atoms with Crippen molar-refractivity contribution in [2.45, 2.75) is 44.3 Å². The SMILES string of the molecule is O=C(NCc1cnc2ccccc2c1)[C@]1(Cc2cscn2)C[C@@H]2CC[C@H]1N2. The number of hydrogen-bond donors (Lipinski definition) is 2. The molecule has 0 radical (unpaired) electrons. The Morgan fingerprint density at radius 3 is 3.00 bits per heavy atom. The molecule has 6 heteroatoms. The third-order valence-corrected chi connectivity index (χ3v) is 6.69. The Labute approximate surface area is 162 Å². The van der Waals surface area contributed by atoms with E-state index in [1.807, 2.05) is 29.9 Å². The molecule has 5 nitrogen and oxygen atoms in total. The molecule has 0 aliphatic carbocycles. The molecule has 0 spiro atoms. The van der Waals surface area contributed by atoms with Gasteiger partial charge in [-0.1, -0.05) is 18.2 Å². The van der Waals surface area contributed by atoms with Crippen LogP contribution in [0.1, 0.15) is 30.5 Å². The van der Waals surface area contributed by atoms with Crippen molar-refractivity contribution in [2.75, 3.05) is 0 Å². The van der Waals surface area contributed by atoms with E-state index in [1.165, 1.54) is 6.42 Å². The van der Waals surface area contributed by atoms with E-state index in [0.717, 1.165) is 35.0 Å². The molecule has 2 bridgehead atoms. The van der Waals surface area contributed by atoms with Crippen LogP contribution in [0.15, 0.2) is 47.4 Å². The fraction of sp³-hybridized carbons (Fsp3) is 0.381. The lowest BCUT2D eigenvalue weighted by Crippen LogP contribution is -2.49. The smallest absolute Gasteiger partial charge is 0.228 e. The molecular formula is C21H22N4OS. The zero-order valence-corrected chi connectivity index (χ0v) is 15.8. The van der Waals surface area contributed by atoms with Gasteiger partial charge in [-0.2, -0.15) is 0 Å². The predicted octanol–water partition coefficient (Wildman–Crippen LogP) is 3.06. The molecule has 138 valence electrons. The third kappa shape index (κ3) is 3.03. The number of fused-ring (bicyclic) bond motifs is 3. The van der Waals surface area contributed by atoms with Crippen molar-refractivity contribution in [1.29, 1.82) is 0 Å². The third-order valence-electron chi connectivity index (χ3n) is 6.05. The van der Waals surface area contributed by atoms with Gasteiger partial charge in [0, 0.05) is 42.0 Å². The highest BCUT2D eigenvalue weighted by Crippen LogP contribution is 2.45. The Morgan fingerprint density at radius 1 is 1.30 bits per heavy atom. The first-order valence-electron chi connectivity index (χ1n) is 9.48. The van der Waals surface area contributed by atoms with Crippen LogP contribution in [0.4, 0.5) is 0 Å². The van der Waals surface area contributed by atoms with E-state index < -0.39 is 0 Å². The summed E-state index contributed by atoms with van der Waals surface area (Å²) < 4.78 is 0. The van der Waals surface area contributed by atoms with Gasteiger partial charge in [-0.05, 0) is 37.0 Å². The quantitative estimate of drug-likeness (QED) is 0.716. The molecule has 3 aromatic rings. The lowest BCUT2D eigenvalue weighted by molar-refractivity contribution is -0.132. The summed E-state index contributed by atoms with van der Waals surface area (Å²) in [5, 5.41) is 10.0. The molecule has 2 aromatic heterocycles. The summed E-state index contributed by atoms with van der Waals surface area (Å²) in [6.07, 6.45) is 5.71. The number of para-hydroxylation sites is 1. The Hall–Kier alpha value is -2.31. The fourth-order valence-electron chi connectivity index (χ4n) is 4.74. The van der Waals surface area contributed by atoms with Crippen LogP contribution in [-0.4, -0.2) is 28.0 Å². The highest BCUT2D eigenvalue weighted by molar-refractivity contribution is 7.07. The Bertz CT molecular complexity index is 973. The van der Waals surface area contributed by atoms with Crippen LogP contribution in [0.5, 0.6) is 0 Å². The van der Waals surface area contributed by atoms with E-state index in [4.69, 9.17) is 0 Å². The number of rotatable bonds is 5. The van der Waals surface area contributed by atoms with Gasteiger partial charge in [0.25, 0.3) is 0 Å². The number of carbonyl (C=O) groups excluding carboxylic acids is 1. The number of hydrogen-bond acceptors (Lipinski definition) is 5. The maximum atomic E-state index is 13.3. The number of nitrogens with one attached hydrogen (secondary N) is 2. The number of thiazole rings is 1. The van der Waals surface area contributed by atoms with Crippen LogP contribution in [0.2, 0.25) is 0 Å².